The molecule has 0 aromatic rings. The molecule has 206 valence electrons. The van der Waals surface area contributed by atoms with E-state index in [1.165, 1.54) is 0 Å². The number of aldehydes is 1. The maximum Gasteiger partial charge on any atom is 0.315 e. The molecule has 0 spiro atoms. The Balaban J connectivity index is 1.36. The van der Waals surface area contributed by atoms with E-state index < -0.39 is 22.2 Å². The summed E-state index contributed by atoms with van der Waals surface area (Å²) in [6.45, 7) is 14.2. The highest BCUT2D eigenvalue weighted by atomic mass is 16.7. The van der Waals surface area contributed by atoms with Crippen LogP contribution in [-0.4, -0.2) is 49.1 Å². The molecule has 0 radical (unpaired) electrons. The monoisotopic (exact) mass is 514 g/mol. The van der Waals surface area contributed by atoms with Crippen molar-refractivity contribution in [3.8, 4) is 0 Å². The summed E-state index contributed by atoms with van der Waals surface area (Å²) in [5, 5.41) is 11.2. The van der Waals surface area contributed by atoms with E-state index in [1.807, 2.05) is 0 Å². The normalized spacial score (nSPS) is 51.9. The fraction of sp³-hybridized carbons (Fsp3) is 0.871. The molecule has 6 aliphatic rings. The number of carboxylic acid groups (broad SMARTS) is 1. The molecule has 4 bridgehead atoms. The van der Waals surface area contributed by atoms with Crippen LogP contribution < -0.4 is 0 Å². The van der Waals surface area contributed by atoms with Crippen LogP contribution >= 0.6 is 0 Å². The molecular weight excluding hydrogens is 468 g/mol. The molecule has 5 fully saturated rings. The Hall–Kier alpha value is -1.24. The van der Waals surface area contributed by atoms with E-state index in [4.69, 9.17) is 14.2 Å². The first kappa shape index (κ1) is 26.0. The highest BCUT2D eigenvalue weighted by molar-refractivity contribution is 5.90. The van der Waals surface area contributed by atoms with Crippen molar-refractivity contribution in [3.05, 3.63) is 11.6 Å². The molecule has 2 saturated heterocycles. The number of aliphatic carboxylic acids is 1. The fourth-order valence-electron chi connectivity index (χ4n) is 10.8. The van der Waals surface area contributed by atoms with Crippen molar-refractivity contribution >= 4 is 12.3 Å². The molecule has 37 heavy (non-hydrogen) atoms. The first-order valence-corrected chi connectivity index (χ1v) is 14.8. The fourth-order valence-corrected chi connectivity index (χ4v) is 10.8. The van der Waals surface area contributed by atoms with Crippen LogP contribution in [0.2, 0.25) is 0 Å². The van der Waals surface area contributed by atoms with Gasteiger partial charge in [0.05, 0.1) is 30.8 Å². The second-order valence-electron chi connectivity index (χ2n) is 14.2. The van der Waals surface area contributed by atoms with E-state index in [-0.39, 0.29) is 36.3 Å². The van der Waals surface area contributed by atoms with Crippen LogP contribution in [0.25, 0.3) is 0 Å². The third-order valence-corrected chi connectivity index (χ3v) is 12.3. The van der Waals surface area contributed by atoms with Gasteiger partial charge in [-0.15, -0.1) is 0 Å². The Morgan fingerprint density at radius 3 is 2.59 bits per heavy atom. The number of allylic oxidation sites excluding steroid dienone is 1. The van der Waals surface area contributed by atoms with Gasteiger partial charge in [-0.05, 0) is 73.5 Å². The van der Waals surface area contributed by atoms with Crippen LogP contribution in [0.5, 0.6) is 0 Å². The van der Waals surface area contributed by atoms with Crippen LogP contribution in [0.15, 0.2) is 11.6 Å². The van der Waals surface area contributed by atoms with Crippen LogP contribution in [0.1, 0.15) is 73.6 Å². The van der Waals surface area contributed by atoms with Crippen molar-refractivity contribution in [1.82, 2.24) is 0 Å². The van der Waals surface area contributed by atoms with Gasteiger partial charge in [0.15, 0.2) is 6.29 Å². The van der Waals surface area contributed by atoms with Crippen LogP contribution in [0.3, 0.4) is 0 Å². The lowest BCUT2D eigenvalue weighted by Crippen LogP contribution is -2.63. The third kappa shape index (κ3) is 3.10. The molecule has 2 heterocycles. The lowest BCUT2D eigenvalue weighted by atomic mass is 9.43. The summed E-state index contributed by atoms with van der Waals surface area (Å²) in [5.41, 5.74) is -1.67. The van der Waals surface area contributed by atoms with Gasteiger partial charge in [0.1, 0.15) is 11.7 Å². The molecule has 0 amide bonds. The third-order valence-electron chi connectivity index (χ3n) is 12.3. The van der Waals surface area contributed by atoms with Crippen LogP contribution in [-0.2, 0) is 23.8 Å². The van der Waals surface area contributed by atoms with Gasteiger partial charge in [-0.1, -0.05) is 52.7 Å². The molecule has 6 rings (SSSR count). The second kappa shape index (κ2) is 8.63. The van der Waals surface area contributed by atoms with E-state index in [0.717, 1.165) is 44.1 Å². The van der Waals surface area contributed by atoms with E-state index >= 15 is 0 Å². The summed E-state index contributed by atoms with van der Waals surface area (Å²) in [7, 11) is 0. The minimum atomic E-state index is -1.19. The summed E-state index contributed by atoms with van der Waals surface area (Å²) in [5.74, 6) is 1.74. The van der Waals surface area contributed by atoms with Gasteiger partial charge in [0.25, 0.3) is 0 Å². The number of hydrogen-bond acceptors (Lipinski definition) is 5. The van der Waals surface area contributed by atoms with E-state index in [0.29, 0.717) is 42.6 Å². The summed E-state index contributed by atoms with van der Waals surface area (Å²) in [6.07, 6.45) is 7.30. The highest BCUT2D eigenvalue weighted by Crippen LogP contribution is 2.82. The van der Waals surface area contributed by atoms with Gasteiger partial charge in [-0.25, -0.2) is 0 Å². The van der Waals surface area contributed by atoms with Gasteiger partial charge < -0.3 is 24.1 Å². The van der Waals surface area contributed by atoms with Crippen LogP contribution in [0, 0.1) is 63.6 Å². The predicted octanol–water partition coefficient (Wildman–Crippen LogP) is 5.35. The SMILES string of the molecule is CC(C)C1=C[C@H]2C[C@]3(C=O)[C@@H]4CC[C@@H](C)[C@H]4CC2(CO[C@H]2C[C@H]4[C@H](OC[C@@H]4C(C)C)[C@@H](C)O2)C13C(=O)O. The van der Waals surface area contributed by atoms with Crippen molar-refractivity contribution in [2.24, 2.45) is 63.6 Å². The minimum Gasteiger partial charge on any atom is -0.481 e. The second-order valence-corrected chi connectivity index (χ2v) is 14.2. The van der Waals surface area contributed by atoms with Crippen molar-refractivity contribution in [1.29, 1.82) is 0 Å². The first-order chi connectivity index (χ1) is 17.5. The quantitative estimate of drug-likeness (QED) is 0.364. The Kier molecular flexibility index (Phi) is 6.06. The molecule has 12 atom stereocenters. The van der Waals surface area contributed by atoms with Gasteiger partial charge in [0.2, 0.25) is 0 Å². The molecule has 6 heteroatoms. The number of carboxylic acids is 1. The number of rotatable bonds is 7. The Bertz CT molecular complexity index is 982. The lowest BCUT2D eigenvalue weighted by molar-refractivity contribution is -0.251. The zero-order chi connectivity index (χ0) is 26.5. The van der Waals surface area contributed by atoms with Gasteiger partial charge in [0, 0.05) is 11.8 Å². The average Bonchev–Trinajstić information content (AvgIpc) is 3.55. The zero-order valence-electron chi connectivity index (χ0n) is 23.4. The predicted molar refractivity (Wildman–Crippen MR) is 138 cm³/mol. The summed E-state index contributed by atoms with van der Waals surface area (Å²) in [6, 6.07) is 0. The minimum absolute atomic E-state index is 0.0518. The molecule has 0 aromatic carbocycles. The Labute approximate surface area is 221 Å². The van der Waals surface area contributed by atoms with E-state index in [2.05, 4.69) is 47.6 Å². The van der Waals surface area contributed by atoms with E-state index in [1.54, 1.807) is 0 Å². The molecule has 0 aromatic heterocycles. The number of carbonyl (C=O) groups is 2. The first-order valence-electron chi connectivity index (χ1n) is 14.8. The van der Waals surface area contributed by atoms with Crippen molar-refractivity contribution in [2.45, 2.75) is 92.1 Å². The molecule has 1 N–H and O–H groups in total. The largest absolute Gasteiger partial charge is 0.481 e. The maximum atomic E-state index is 13.6. The molecule has 6 nitrogen and oxygen atoms in total. The molecular formula is C31H46O6. The van der Waals surface area contributed by atoms with Gasteiger partial charge >= 0.3 is 5.97 Å². The van der Waals surface area contributed by atoms with E-state index in [9.17, 15) is 14.7 Å². The number of carbonyl (C=O) groups excluding carboxylic acids is 1. The standard InChI is InChI=1S/C31H46O6/c1-16(2)23-13-35-27-19(6)37-26(10-21(23)27)36-15-30-12-22-18(5)7-8-24(22)29(14-32)11-20(30)9-25(17(3)4)31(29,30)28(33)34/h9,14,16-24,26-27H,7-8,10-13,15H2,1-6H3,(H,33,34)/t18-,19-,20+,21-,22-,23-,24-,26-,27-,29+,30?,31?/m1/s1. The maximum absolute atomic E-state index is 13.6. The summed E-state index contributed by atoms with van der Waals surface area (Å²) in [4.78, 5) is 26.8. The molecule has 3 saturated carbocycles. The molecule has 4 aliphatic carbocycles. The zero-order valence-corrected chi connectivity index (χ0v) is 23.4. The van der Waals surface area contributed by atoms with Crippen LogP contribution in [0.4, 0.5) is 0 Å². The molecule has 2 aliphatic heterocycles. The van der Waals surface area contributed by atoms with Gasteiger partial charge in [-0.2, -0.15) is 0 Å². The summed E-state index contributed by atoms with van der Waals surface area (Å²) < 4.78 is 19.2. The van der Waals surface area contributed by atoms with Crippen molar-refractivity contribution < 1.29 is 28.9 Å². The van der Waals surface area contributed by atoms with Crippen molar-refractivity contribution in [3.63, 3.8) is 0 Å². The Morgan fingerprint density at radius 1 is 1.19 bits per heavy atom. The molecule has 2 unspecified atom stereocenters. The number of hydrogen-bond donors (Lipinski definition) is 1. The number of ether oxygens (including phenoxy) is 3. The lowest BCUT2D eigenvalue weighted by Gasteiger charge is -2.58. The highest BCUT2D eigenvalue weighted by Gasteiger charge is 2.84. The number of fused-ring (bicyclic) bond motifs is 3. The summed E-state index contributed by atoms with van der Waals surface area (Å²) >= 11 is 0. The topological polar surface area (TPSA) is 82.1 Å². The smallest absolute Gasteiger partial charge is 0.315 e. The Morgan fingerprint density at radius 2 is 1.95 bits per heavy atom. The average molecular weight is 515 g/mol. The van der Waals surface area contributed by atoms with Gasteiger partial charge in [-0.3, -0.25) is 4.79 Å². The van der Waals surface area contributed by atoms with Crippen molar-refractivity contribution in [2.75, 3.05) is 13.2 Å².